The molecule has 0 amide bonds. The number of aliphatic hydroxyl groups excluding tert-OH is 1. The molecule has 0 unspecified atom stereocenters. The quantitative estimate of drug-likeness (QED) is 0.571. The lowest BCUT2D eigenvalue weighted by Crippen LogP contribution is -1.85. The van der Waals surface area contributed by atoms with Gasteiger partial charge >= 0.3 is 0 Å². The van der Waals surface area contributed by atoms with Crippen molar-refractivity contribution >= 4 is 23.2 Å². The molecule has 0 bridgehead atoms. The Labute approximate surface area is 83.6 Å². The number of hydrogen-bond acceptors (Lipinski definition) is 3. The summed E-state index contributed by atoms with van der Waals surface area (Å²) in [6.07, 6.45) is 0. The van der Waals surface area contributed by atoms with Crippen molar-refractivity contribution in [1.82, 2.24) is 0 Å². The molecule has 1 saturated heterocycles. The first kappa shape index (κ1) is 15.0. The van der Waals surface area contributed by atoms with E-state index in [0.717, 1.165) is 13.2 Å². The third-order valence-corrected chi connectivity index (χ3v) is 0.893. The zero-order valence-electron chi connectivity index (χ0n) is 7.26. The average Bonchev–Trinajstić information content (AvgIpc) is 2.92. The number of alkyl halides is 2. The van der Waals surface area contributed by atoms with Crippen LogP contribution in [-0.2, 0) is 9.47 Å². The second-order valence-corrected chi connectivity index (χ2v) is 2.46. The molecule has 0 saturated carbocycles. The number of aliphatic hydroxyl groups is 1. The van der Waals surface area contributed by atoms with Crippen molar-refractivity contribution in [2.45, 2.75) is 0 Å². The molecule has 0 radical (unpaired) electrons. The molecule has 0 aromatic heterocycles. The molecule has 0 aromatic rings. The minimum Gasteiger partial charge on any atom is -0.395 e. The van der Waals surface area contributed by atoms with E-state index in [1.807, 2.05) is 0 Å². The van der Waals surface area contributed by atoms with Crippen LogP contribution in [0.1, 0.15) is 0 Å². The Morgan fingerprint density at radius 1 is 1.33 bits per heavy atom. The maximum Gasteiger partial charge on any atom is 0.0701 e. The summed E-state index contributed by atoms with van der Waals surface area (Å²) in [5.74, 6) is 0.941. The predicted octanol–water partition coefficient (Wildman–Crippen LogP) is 1.11. The number of methoxy groups -OCH3 is 1. The van der Waals surface area contributed by atoms with Crippen LogP contribution in [0.2, 0.25) is 0 Å². The van der Waals surface area contributed by atoms with Gasteiger partial charge in [-0.3, -0.25) is 0 Å². The fourth-order valence-electron chi connectivity index (χ4n) is 0.0772. The van der Waals surface area contributed by atoms with Gasteiger partial charge in [0.15, 0.2) is 0 Å². The molecular formula is C7H16Cl2O3. The lowest BCUT2D eigenvalue weighted by atomic mass is 10.9. The van der Waals surface area contributed by atoms with Crippen molar-refractivity contribution in [3.8, 4) is 0 Å². The molecule has 1 N–H and O–H groups in total. The van der Waals surface area contributed by atoms with Crippen LogP contribution >= 0.6 is 23.2 Å². The smallest absolute Gasteiger partial charge is 0.0701 e. The third kappa shape index (κ3) is 47.1. The van der Waals surface area contributed by atoms with Crippen molar-refractivity contribution in [1.29, 1.82) is 0 Å². The van der Waals surface area contributed by atoms with Crippen LogP contribution in [0.15, 0.2) is 0 Å². The summed E-state index contributed by atoms with van der Waals surface area (Å²) in [6.45, 7) is 2.74. The second kappa shape index (κ2) is 17.5. The monoisotopic (exact) mass is 218 g/mol. The number of epoxide rings is 1. The van der Waals surface area contributed by atoms with Crippen LogP contribution in [0, 0.1) is 0 Å². The van der Waals surface area contributed by atoms with Gasteiger partial charge in [-0.15, -0.1) is 23.2 Å². The van der Waals surface area contributed by atoms with Crippen molar-refractivity contribution in [3.05, 3.63) is 0 Å². The SMILES string of the molecule is C1CO1.COCCCl.OCCCl. The van der Waals surface area contributed by atoms with Gasteiger partial charge in [0.1, 0.15) is 0 Å². The first-order valence-electron chi connectivity index (χ1n) is 3.63. The number of hydrogen-bond donors (Lipinski definition) is 1. The van der Waals surface area contributed by atoms with Gasteiger partial charge in [-0.2, -0.15) is 0 Å². The summed E-state index contributed by atoms with van der Waals surface area (Å²) >= 11 is 10.1. The van der Waals surface area contributed by atoms with Gasteiger partial charge in [-0.05, 0) is 0 Å². The second-order valence-electron chi connectivity index (χ2n) is 1.71. The molecule has 1 heterocycles. The Kier molecular flexibility index (Phi) is 21.8. The highest BCUT2D eigenvalue weighted by Crippen LogP contribution is 1.84. The Hall–Kier alpha value is 0.460. The third-order valence-electron chi connectivity index (χ3n) is 0.570. The van der Waals surface area contributed by atoms with Gasteiger partial charge in [0, 0.05) is 18.9 Å². The molecule has 0 atom stereocenters. The fourth-order valence-corrected chi connectivity index (χ4v) is 0.231. The average molecular weight is 219 g/mol. The van der Waals surface area contributed by atoms with Gasteiger partial charge in [0.05, 0.1) is 26.4 Å². The Morgan fingerprint density at radius 2 is 1.75 bits per heavy atom. The van der Waals surface area contributed by atoms with Gasteiger partial charge in [-0.1, -0.05) is 0 Å². The molecule has 1 aliphatic heterocycles. The van der Waals surface area contributed by atoms with Gasteiger partial charge in [0.25, 0.3) is 0 Å². The molecule has 0 aromatic carbocycles. The summed E-state index contributed by atoms with van der Waals surface area (Å²) in [6, 6.07) is 0. The first-order valence-corrected chi connectivity index (χ1v) is 4.69. The Balaban J connectivity index is 0. The van der Waals surface area contributed by atoms with E-state index in [2.05, 4.69) is 9.47 Å². The van der Waals surface area contributed by atoms with Crippen LogP contribution in [-0.4, -0.2) is 50.4 Å². The van der Waals surface area contributed by atoms with Crippen LogP contribution in [0.3, 0.4) is 0 Å². The highest BCUT2D eigenvalue weighted by atomic mass is 35.5. The highest BCUT2D eigenvalue weighted by Gasteiger charge is 1.94. The zero-order chi connectivity index (χ0) is 9.66. The summed E-state index contributed by atoms with van der Waals surface area (Å²) < 4.78 is 9.06. The highest BCUT2D eigenvalue weighted by molar-refractivity contribution is 6.18. The fraction of sp³-hybridized carbons (Fsp3) is 1.00. The Morgan fingerprint density at radius 3 is 1.75 bits per heavy atom. The normalized spacial score (nSPS) is 12.0. The Bertz CT molecular complexity index is 55.9. The summed E-state index contributed by atoms with van der Waals surface area (Å²) in [5, 5.41) is 7.74. The van der Waals surface area contributed by atoms with Crippen molar-refractivity contribution < 1.29 is 14.6 Å². The van der Waals surface area contributed by atoms with E-state index in [-0.39, 0.29) is 6.61 Å². The van der Waals surface area contributed by atoms with E-state index < -0.39 is 0 Å². The van der Waals surface area contributed by atoms with Crippen LogP contribution in [0.5, 0.6) is 0 Å². The molecule has 5 heteroatoms. The van der Waals surface area contributed by atoms with E-state index >= 15 is 0 Å². The topological polar surface area (TPSA) is 42.0 Å². The zero-order valence-corrected chi connectivity index (χ0v) is 8.77. The molecule has 12 heavy (non-hydrogen) atoms. The molecule has 76 valence electrons. The van der Waals surface area contributed by atoms with Crippen LogP contribution < -0.4 is 0 Å². The standard InChI is InChI=1S/C3H7ClO.C2H5ClO.C2H4O/c1-5-3-2-4;3-1-2-4;1-2-3-1/h2-3H2,1H3;4H,1-2H2;1-2H2. The van der Waals surface area contributed by atoms with Gasteiger partial charge in [-0.25, -0.2) is 0 Å². The summed E-state index contributed by atoms with van der Waals surface area (Å²) in [5.41, 5.74) is 0. The van der Waals surface area contributed by atoms with E-state index in [9.17, 15) is 0 Å². The number of rotatable bonds is 3. The number of halogens is 2. The van der Waals surface area contributed by atoms with Gasteiger partial charge in [0.2, 0.25) is 0 Å². The van der Waals surface area contributed by atoms with E-state index in [0.29, 0.717) is 18.4 Å². The maximum absolute atomic E-state index is 7.74. The van der Waals surface area contributed by atoms with Crippen LogP contribution in [0.4, 0.5) is 0 Å². The van der Waals surface area contributed by atoms with E-state index in [1.54, 1.807) is 7.11 Å². The van der Waals surface area contributed by atoms with Gasteiger partial charge < -0.3 is 14.6 Å². The largest absolute Gasteiger partial charge is 0.395 e. The summed E-state index contributed by atoms with van der Waals surface area (Å²) in [4.78, 5) is 0. The van der Waals surface area contributed by atoms with Crippen molar-refractivity contribution in [2.24, 2.45) is 0 Å². The molecule has 1 aliphatic rings. The van der Waals surface area contributed by atoms with E-state index in [1.165, 1.54) is 0 Å². The van der Waals surface area contributed by atoms with Crippen molar-refractivity contribution in [3.63, 3.8) is 0 Å². The minimum atomic E-state index is 0.0849. The first-order chi connectivity index (χ1) is 5.83. The van der Waals surface area contributed by atoms with Crippen LogP contribution in [0.25, 0.3) is 0 Å². The molecule has 1 fully saturated rings. The maximum atomic E-state index is 7.74. The minimum absolute atomic E-state index is 0.0849. The molecule has 0 spiro atoms. The molecule has 1 rings (SSSR count). The predicted molar refractivity (Wildman–Crippen MR) is 51.2 cm³/mol. The van der Waals surface area contributed by atoms with E-state index in [4.69, 9.17) is 28.3 Å². The summed E-state index contributed by atoms with van der Waals surface area (Å²) in [7, 11) is 1.63. The molecular weight excluding hydrogens is 203 g/mol. The lowest BCUT2D eigenvalue weighted by molar-refractivity contribution is 0.218. The number of ether oxygens (including phenoxy) is 2. The molecule has 0 aliphatic carbocycles. The van der Waals surface area contributed by atoms with Crippen molar-refractivity contribution in [2.75, 3.05) is 45.3 Å². The molecule has 3 nitrogen and oxygen atoms in total. The lowest BCUT2D eigenvalue weighted by Gasteiger charge is -1.82.